The van der Waals surface area contributed by atoms with Crippen LogP contribution in [-0.2, 0) is 15.6 Å². The smallest absolute Gasteiger partial charge is 0.123 e. The van der Waals surface area contributed by atoms with E-state index >= 15 is 0 Å². The average Bonchev–Trinajstić information content (AvgIpc) is 2.67. The monoisotopic (exact) mass is 420 g/mol. The molecule has 0 unspecified atom stereocenters. The number of hydrogen-bond donors (Lipinski definition) is 1. The summed E-state index contributed by atoms with van der Waals surface area (Å²) in [4.78, 5) is 4.76. The quantitative estimate of drug-likeness (QED) is 0.618. The number of aliphatic hydroxyl groups is 1. The first-order valence-corrected chi connectivity index (χ1v) is 11.5. The average molecular weight is 421 g/mol. The van der Waals surface area contributed by atoms with Crippen LogP contribution in [-0.4, -0.2) is 80.1 Å². The van der Waals surface area contributed by atoms with Gasteiger partial charge < -0.3 is 19.5 Å². The van der Waals surface area contributed by atoms with Crippen molar-refractivity contribution in [2.45, 2.75) is 65.4 Å². The number of likely N-dealkylation sites (N-methyl/N-ethyl adjacent to an activating group) is 1. The van der Waals surface area contributed by atoms with Gasteiger partial charge in [0.2, 0.25) is 0 Å². The lowest BCUT2D eigenvalue weighted by molar-refractivity contribution is 0.000280. The second-order valence-corrected chi connectivity index (χ2v) is 10.5. The molecule has 1 fully saturated rings. The highest BCUT2D eigenvalue weighted by molar-refractivity contribution is 5.43. The Labute approximate surface area is 184 Å². The Morgan fingerprint density at radius 1 is 0.933 bits per heavy atom. The Balaban J connectivity index is 1.76. The molecule has 1 atom stereocenters. The first-order valence-electron chi connectivity index (χ1n) is 11.5. The number of nitrogens with zero attached hydrogens (tertiary/aromatic N) is 2. The van der Waals surface area contributed by atoms with Gasteiger partial charge in [0.05, 0.1) is 19.3 Å². The van der Waals surface area contributed by atoms with Crippen LogP contribution in [0.25, 0.3) is 0 Å². The number of benzene rings is 1. The van der Waals surface area contributed by atoms with Gasteiger partial charge in [-0.2, -0.15) is 0 Å². The molecule has 1 N–H and O–H groups in total. The number of aliphatic hydroxyl groups excluding tert-OH is 1. The zero-order valence-corrected chi connectivity index (χ0v) is 20.3. The predicted molar refractivity (Wildman–Crippen MR) is 125 cm³/mol. The van der Waals surface area contributed by atoms with Gasteiger partial charge in [0.1, 0.15) is 12.4 Å². The van der Waals surface area contributed by atoms with Gasteiger partial charge >= 0.3 is 0 Å². The second-order valence-electron chi connectivity index (χ2n) is 10.5. The maximum Gasteiger partial charge on any atom is 0.123 e. The summed E-state index contributed by atoms with van der Waals surface area (Å²) < 4.78 is 11.8. The third kappa shape index (κ3) is 7.84. The second kappa shape index (κ2) is 10.9. The highest BCUT2D eigenvalue weighted by atomic mass is 16.5. The summed E-state index contributed by atoms with van der Waals surface area (Å²) in [5, 5.41) is 10.3. The van der Waals surface area contributed by atoms with Crippen molar-refractivity contribution >= 4 is 0 Å². The van der Waals surface area contributed by atoms with Gasteiger partial charge in [-0.05, 0) is 34.6 Å². The normalized spacial score (nSPS) is 17.9. The summed E-state index contributed by atoms with van der Waals surface area (Å²) in [6.07, 6.45) is -0.450. The van der Waals surface area contributed by atoms with Gasteiger partial charge in [0.25, 0.3) is 0 Å². The first kappa shape index (κ1) is 25.1. The topological polar surface area (TPSA) is 45.2 Å². The molecule has 0 saturated carbocycles. The first-order chi connectivity index (χ1) is 14.0. The van der Waals surface area contributed by atoms with Crippen molar-refractivity contribution in [1.29, 1.82) is 0 Å². The van der Waals surface area contributed by atoms with Crippen LogP contribution in [0.15, 0.2) is 18.2 Å². The van der Waals surface area contributed by atoms with E-state index in [1.54, 1.807) is 0 Å². The Bertz CT molecular complexity index is 641. The van der Waals surface area contributed by atoms with Crippen molar-refractivity contribution in [2.24, 2.45) is 0 Å². The molecule has 1 aliphatic rings. The van der Waals surface area contributed by atoms with Crippen LogP contribution in [0.4, 0.5) is 0 Å². The van der Waals surface area contributed by atoms with Crippen LogP contribution in [0, 0.1) is 0 Å². The van der Waals surface area contributed by atoms with Crippen molar-refractivity contribution in [3.63, 3.8) is 0 Å². The molecule has 0 amide bonds. The minimum absolute atomic E-state index is 0.00937. The summed E-state index contributed by atoms with van der Waals surface area (Å²) in [5.74, 6) is 0.924. The van der Waals surface area contributed by atoms with Gasteiger partial charge in [-0.25, -0.2) is 0 Å². The van der Waals surface area contributed by atoms with Crippen LogP contribution >= 0.6 is 0 Å². The fraction of sp³-hybridized carbons (Fsp3) is 0.760. The summed E-state index contributed by atoms with van der Waals surface area (Å²) >= 11 is 0. The minimum atomic E-state index is -0.450. The van der Waals surface area contributed by atoms with Crippen LogP contribution in [0.3, 0.4) is 0 Å². The molecule has 0 aromatic heterocycles. The molecule has 1 heterocycles. The van der Waals surface area contributed by atoms with E-state index in [4.69, 9.17) is 9.47 Å². The maximum absolute atomic E-state index is 10.3. The van der Waals surface area contributed by atoms with E-state index in [0.717, 1.165) is 38.5 Å². The molecule has 172 valence electrons. The highest BCUT2D eigenvalue weighted by Gasteiger charge is 2.23. The number of β-amino-alcohol motifs (C(OH)–C–C–N with tert-alkyl or cyclic N) is 1. The lowest BCUT2D eigenvalue weighted by atomic mass is 9.80. The molecule has 0 bridgehead atoms. The molecule has 1 aromatic rings. The van der Waals surface area contributed by atoms with E-state index in [-0.39, 0.29) is 10.8 Å². The molecule has 1 saturated heterocycles. The Morgan fingerprint density at radius 2 is 1.57 bits per heavy atom. The molecule has 30 heavy (non-hydrogen) atoms. The number of hydrogen-bond acceptors (Lipinski definition) is 5. The van der Waals surface area contributed by atoms with Crippen molar-refractivity contribution in [1.82, 2.24) is 9.80 Å². The third-order valence-corrected chi connectivity index (χ3v) is 5.83. The van der Waals surface area contributed by atoms with Crippen molar-refractivity contribution < 1.29 is 14.6 Å². The maximum atomic E-state index is 10.3. The molecular weight excluding hydrogens is 376 g/mol. The lowest BCUT2D eigenvalue weighted by Gasteiger charge is -2.34. The summed E-state index contributed by atoms with van der Waals surface area (Å²) in [6.45, 7) is 22.9. The van der Waals surface area contributed by atoms with Gasteiger partial charge in [-0.3, -0.25) is 4.90 Å². The van der Waals surface area contributed by atoms with Crippen LogP contribution in [0.2, 0.25) is 0 Å². The number of ether oxygens (including phenoxy) is 2. The molecular formula is C25H44N2O3. The summed E-state index contributed by atoms with van der Waals surface area (Å²) in [5.41, 5.74) is 2.66. The predicted octanol–water partition coefficient (Wildman–Crippen LogP) is 3.68. The fourth-order valence-electron chi connectivity index (χ4n) is 3.78. The molecule has 2 rings (SSSR count). The van der Waals surface area contributed by atoms with E-state index in [0.29, 0.717) is 26.4 Å². The fourth-order valence-corrected chi connectivity index (χ4v) is 3.78. The Kier molecular flexibility index (Phi) is 9.16. The van der Waals surface area contributed by atoms with Gasteiger partial charge in [-0.1, -0.05) is 60.6 Å². The van der Waals surface area contributed by atoms with Crippen molar-refractivity contribution in [2.75, 3.05) is 59.1 Å². The third-order valence-electron chi connectivity index (χ3n) is 5.83. The molecule has 0 radical (unpaired) electrons. The molecule has 5 heteroatoms. The molecule has 0 aliphatic carbocycles. The molecule has 1 aliphatic heterocycles. The number of rotatable bonds is 9. The largest absolute Gasteiger partial charge is 0.491 e. The SMILES string of the molecule is CCN1CCN(C[C@@H](O)COCCOc2ccc(C(C)(C)C)cc2C(C)(C)C)CC1. The van der Waals surface area contributed by atoms with Crippen LogP contribution < -0.4 is 4.74 Å². The molecule has 5 nitrogen and oxygen atoms in total. The summed E-state index contributed by atoms with van der Waals surface area (Å²) in [6, 6.07) is 6.53. The number of piperazine rings is 1. The zero-order valence-electron chi connectivity index (χ0n) is 20.3. The summed E-state index contributed by atoms with van der Waals surface area (Å²) in [7, 11) is 0. The van der Waals surface area contributed by atoms with Gasteiger partial charge in [0, 0.05) is 32.7 Å². The Hall–Kier alpha value is -1.14. The van der Waals surface area contributed by atoms with E-state index in [2.05, 4.69) is 76.5 Å². The van der Waals surface area contributed by atoms with Crippen LogP contribution in [0.1, 0.15) is 59.6 Å². The van der Waals surface area contributed by atoms with Gasteiger partial charge in [-0.15, -0.1) is 0 Å². The minimum Gasteiger partial charge on any atom is -0.491 e. The van der Waals surface area contributed by atoms with Gasteiger partial charge in [0.15, 0.2) is 0 Å². The van der Waals surface area contributed by atoms with E-state index in [9.17, 15) is 5.11 Å². The van der Waals surface area contributed by atoms with E-state index in [1.807, 2.05) is 0 Å². The standard InChI is InChI=1S/C25H44N2O3/c1-8-26-11-13-27(14-12-26)18-21(28)19-29-15-16-30-23-10-9-20(24(2,3)4)17-22(23)25(5,6)7/h9-10,17,21,28H,8,11-16,18-19H2,1-7H3/t21-/m1/s1. The molecule has 1 aromatic carbocycles. The Morgan fingerprint density at radius 3 is 2.13 bits per heavy atom. The van der Waals surface area contributed by atoms with Crippen molar-refractivity contribution in [3.8, 4) is 5.75 Å². The van der Waals surface area contributed by atoms with Crippen molar-refractivity contribution in [3.05, 3.63) is 29.3 Å². The lowest BCUT2D eigenvalue weighted by Crippen LogP contribution is -2.48. The molecule has 0 spiro atoms. The zero-order chi connectivity index (χ0) is 22.4. The van der Waals surface area contributed by atoms with E-state index < -0.39 is 6.10 Å². The highest BCUT2D eigenvalue weighted by Crippen LogP contribution is 2.35. The van der Waals surface area contributed by atoms with Crippen LogP contribution in [0.5, 0.6) is 5.75 Å². The van der Waals surface area contributed by atoms with E-state index in [1.165, 1.54) is 11.1 Å².